The van der Waals surface area contributed by atoms with Crippen molar-refractivity contribution >= 4 is 11.9 Å². The maximum Gasteiger partial charge on any atom is 1.00 e. The van der Waals surface area contributed by atoms with Gasteiger partial charge in [0.25, 0.3) is 0 Å². The van der Waals surface area contributed by atoms with Crippen LogP contribution >= 0.6 is 0 Å². The van der Waals surface area contributed by atoms with Crippen molar-refractivity contribution in [1.82, 2.24) is 0 Å². The fourth-order valence-corrected chi connectivity index (χ4v) is 2.50. The Labute approximate surface area is 160 Å². The first-order valence-electron chi connectivity index (χ1n) is 8.88. The van der Waals surface area contributed by atoms with Gasteiger partial charge in [-0.05, 0) is 6.42 Å². The molecule has 0 aliphatic carbocycles. The van der Waals surface area contributed by atoms with Crippen LogP contribution in [0.4, 0.5) is 0 Å². The molecule has 0 aromatic rings. The molecule has 0 saturated heterocycles. The fourth-order valence-electron chi connectivity index (χ4n) is 2.50. The van der Waals surface area contributed by atoms with Gasteiger partial charge < -0.3 is 6.16 Å². The van der Waals surface area contributed by atoms with Crippen LogP contribution in [0.5, 0.6) is 0 Å². The van der Waals surface area contributed by atoms with Crippen LogP contribution < -0.4 is 29.6 Å². The van der Waals surface area contributed by atoms with Gasteiger partial charge in [-0.3, -0.25) is 9.59 Å². The molecule has 0 N–H and O–H groups in total. The van der Waals surface area contributed by atoms with Gasteiger partial charge in [0.2, 0.25) is 0 Å². The first-order valence-corrected chi connectivity index (χ1v) is 8.88. The molecule has 0 bridgehead atoms. The standard InChI is InChI=1S/C18H34O3.Na.H/c1-3-4-5-6-7-8-9-10-11-12-13-14-15-16-18(20)21-17(2)19;;/h3-16H2,1-2H3;;/q;+1;-1. The van der Waals surface area contributed by atoms with E-state index in [0.29, 0.717) is 6.42 Å². The summed E-state index contributed by atoms with van der Waals surface area (Å²) in [5, 5.41) is 0. The molecule has 4 heteroatoms. The molecule has 0 saturated carbocycles. The molecule has 0 radical (unpaired) electrons. The fraction of sp³-hybridized carbons (Fsp3) is 0.889. The van der Waals surface area contributed by atoms with Gasteiger partial charge in [0.15, 0.2) is 0 Å². The average Bonchev–Trinajstić information content (AvgIpc) is 2.43. The summed E-state index contributed by atoms with van der Waals surface area (Å²) in [4.78, 5) is 21.7. The summed E-state index contributed by atoms with van der Waals surface area (Å²) >= 11 is 0. The van der Waals surface area contributed by atoms with E-state index >= 15 is 0 Å². The number of rotatable bonds is 14. The third kappa shape index (κ3) is 20.1. The van der Waals surface area contributed by atoms with Gasteiger partial charge in [-0.1, -0.05) is 84.0 Å². The number of hydrogen-bond acceptors (Lipinski definition) is 3. The van der Waals surface area contributed by atoms with E-state index < -0.39 is 5.97 Å². The molecule has 0 fully saturated rings. The van der Waals surface area contributed by atoms with E-state index in [1.54, 1.807) is 0 Å². The van der Waals surface area contributed by atoms with Crippen LogP contribution in [0.25, 0.3) is 0 Å². The normalized spacial score (nSPS) is 10.1. The molecule has 0 aliphatic rings. The number of esters is 2. The summed E-state index contributed by atoms with van der Waals surface area (Å²) in [7, 11) is 0. The van der Waals surface area contributed by atoms with Crippen molar-refractivity contribution in [3.8, 4) is 0 Å². The van der Waals surface area contributed by atoms with E-state index in [4.69, 9.17) is 0 Å². The molecule has 0 amide bonds. The largest absolute Gasteiger partial charge is 1.00 e. The van der Waals surface area contributed by atoms with E-state index in [0.717, 1.165) is 12.8 Å². The predicted molar refractivity (Wildman–Crippen MR) is 88.2 cm³/mol. The van der Waals surface area contributed by atoms with Gasteiger partial charge in [-0.25, -0.2) is 0 Å². The van der Waals surface area contributed by atoms with Gasteiger partial charge in [0.05, 0.1) is 0 Å². The number of unbranched alkanes of at least 4 members (excludes halogenated alkanes) is 12. The molecule has 126 valence electrons. The maximum atomic E-state index is 11.1. The Hall–Kier alpha value is 0.140. The average molecular weight is 322 g/mol. The molecule has 0 aliphatic heterocycles. The zero-order valence-electron chi connectivity index (χ0n) is 16.1. The van der Waals surface area contributed by atoms with E-state index in [1.807, 2.05) is 0 Å². The molecular weight excluding hydrogens is 287 g/mol. The summed E-state index contributed by atoms with van der Waals surface area (Å²) in [6, 6.07) is 0. The Bertz CT molecular complexity index is 273. The predicted octanol–water partition coefficient (Wildman–Crippen LogP) is 2.67. The van der Waals surface area contributed by atoms with Crippen molar-refractivity contribution < 1.29 is 45.3 Å². The Balaban J connectivity index is -0.00000200. The van der Waals surface area contributed by atoms with Crippen LogP contribution in [-0.2, 0) is 14.3 Å². The van der Waals surface area contributed by atoms with Crippen LogP contribution in [0.2, 0.25) is 0 Å². The topological polar surface area (TPSA) is 43.4 Å². The molecule has 0 aromatic heterocycles. The van der Waals surface area contributed by atoms with Crippen LogP contribution in [-0.4, -0.2) is 11.9 Å². The zero-order valence-corrected chi connectivity index (χ0v) is 17.1. The summed E-state index contributed by atoms with van der Waals surface area (Å²) in [6.45, 7) is 3.52. The van der Waals surface area contributed by atoms with Crippen molar-refractivity contribution in [2.45, 2.75) is 104 Å². The summed E-state index contributed by atoms with van der Waals surface area (Å²) in [6.07, 6.45) is 17.1. The summed E-state index contributed by atoms with van der Waals surface area (Å²) in [5.74, 6) is -0.889. The van der Waals surface area contributed by atoms with E-state index in [-0.39, 0.29) is 37.0 Å². The minimum Gasteiger partial charge on any atom is -1.00 e. The van der Waals surface area contributed by atoms with E-state index in [9.17, 15) is 9.59 Å². The first kappa shape index (κ1) is 24.4. The van der Waals surface area contributed by atoms with E-state index in [2.05, 4.69) is 11.7 Å². The molecule has 0 atom stereocenters. The van der Waals surface area contributed by atoms with Crippen LogP contribution in [0.3, 0.4) is 0 Å². The van der Waals surface area contributed by atoms with Gasteiger partial charge in [-0.15, -0.1) is 0 Å². The maximum absolute atomic E-state index is 11.1. The van der Waals surface area contributed by atoms with Crippen molar-refractivity contribution in [1.29, 1.82) is 0 Å². The van der Waals surface area contributed by atoms with Gasteiger partial charge in [0, 0.05) is 13.3 Å². The Morgan fingerprint density at radius 1 is 0.727 bits per heavy atom. The van der Waals surface area contributed by atoms with Gasteiger partial charge >= 0.3 is 41.5 Å². The second-order valence-corrected chi connectivity index (χ2v) is 5.96. The second-order valence-electron chi connectivity index (χ2n) is 5.96. The van der Waals surface area contributed by atoms with Crippen LogP contribution in [0, 0.1) is 0 Å². The molecule has 0 rings (SSSR count). The smallest absolute Gasteiger partial charge is 1.00 e. The summed E-state index contributed by atoms with van der Waals surface area (Å²) in [5.41, 5.74) is 0. The molecule has 3 nitrogen and oxygen atoms in total. The third-order valence-electron chi connectivity index (χ3n) is 3.74. The van der Waals surface area contributed by atoms with E-state index in [1.165, 1.54) is 77.6 Å². The molecule has 22 heavy (non-hydrogen) atoms. The van der Waals surface area contributed by atoms with Gasteiger partial charge in [0.1, 0.15) is 0 Å². The second kappa shape index (κ2) is 19.2. The molecule has 0 unspecified atom stereocenters. The van der Waals surface area contributed by atoms with Crippen molar-refractivity contribution in [3.05, 3.63) is 0 Å². The molecule has 0 aromatic carbocycles. The third-order valence-corrected chi connectivity index (χ3v) is 3.74. The Morgan fingerprint density at radius 3 is 1.45 bits per heavy atom. The van der Waals surface area contributed by atoms with Crippen molar-refractivity contribution in [2.24, 2.45) is 0 Å². The minimum absolute atomic E-state index is 0. The SMILES string of the molecule is CCCCCCCCCCCCCCCC(=O)OC(C)=O.[H-].[Na+]. The first-order chi connectivity index (χ1) is 10.2. The summed E-state index contributed by atoms with van der Waals surface area (Å²) < 4.78 is 4.48. The Kier molecular flexibility index (Phi) is 21.3. The quantitative estimate of drug-likeness (QED) is 0.214. The number of carbonyl (C=O) groups excluding carboxylic acids is 2. The molecular formula is C18H35NaO3. The Morgan fingerprint density at radius 2 is 1.09 bits per heavy atom. The monoisotopic (exact) mass is 322 g/mol. The number of ether oxygens (including phenoxy) is 1. The molecule has 0 heterocycles. The number of hydrogen-bond donors (Lipinski definition) is 0. The van der Waals surface area contributed by atoms with Crippen molar-refractivity contribution in [3.63, 3.8) is 0 Å². The van der Waals surface area contributed by atoms with Crippen LogP contribution in [0.15, 0.2) is 0 Å². The zero-order chi connectivity index (χ0) is 15.8. The minimum atomic E-state index is -0.505. The number of carbonyl (C=O) groups is 2. The van der Waals surface area contributed by atoms with Gasteiger partial charge in [-0.2, -0.15) is 0 Å². The molecule has 0 spiro atoms. The van der Waals surface area contributed by atoms with Crippen molar-refractivity contribution in [2.75, 3.05) is 0 Å². The van der Waals surface area contributed by atoms with Crippen LogP contribution in [0.1, 0.15) is 105 Å².